The molecule has 8 heteroatoms. The molecule has 2 aliphatic heterocycles. The molecule has 0 spiro atoms. The molecule has 0 unspecified atom stereocenters. The molecule has 0 saturated carbocycles. The van der Waals surface area contributed by atoms with Crippen LogP contribution in [-0.2, 0) is 14.6 Å². The predicted octanol–water partition coefficient (Wildman–Crippen LogP) is 2.49. The van der Waals surface area contributed by atoms with E-state index < -0.39 is 9.84 Å². The summed E-state index contributed by atoms with van der Waals surface area (Å²) in [4.78, 5) is 17.5. The average Bonchev–Trinajstić information content (AvgIpc) is 2.98. The van der Waals surface area contributed by atoms with Crippen molar-refractivity contribution in [1.29, 1.82) is 0 Å². The Morgan fingerprint density at radius 1 is 1.40 bits per heavy atom. The molecule has 0 aliphatic carbocycles. The van der Waals surface area contributed by atoms with Crippen molar-refractivity contribution in [1.82, 2.24) is 0 Å². The number of benzene rings is 1. The van der Waals surface area contributed by atoms with Gasteiger partial charge in [-0.25, -0.2) is 8.42 Å². The van der Waals surface area contributed by atoms with Crippen LogP contribution in [0.5, 0.6) is 5.75 Å². The quantitative estimate of drug-likeness (QED) is 0.728. The molecule has 3 rings (SSSR count). The number of carbonyl (C=O) groups is 1. The first-order valence-corrected chi connectivity index (χ1v) is 11.1. The van der Waals surface area contributed by atoms with Crippen LogP contribution in [0.2, 0.25) is 0 Å². The standard InChI is InChI=1S/C17H22N2O4S2/c1-3-4-8-23-14-7-5-6-13(9-14)19-15-10-25(21,22)11-16(15)24-17(19)18-12(2)20/h5-7,9,15-16H,3-4,8,10-11H2,1-2H3/t15-,16+/m1/s1. The highest BCUT2D eigenvalue weighted by atomic mass is 32.2. The fourth-order valence-corrected chi connectivity index (χ4v) is 7.02. The number of hydrogen-bond donors (Lipinski definition) is 0. The summed E-state index contributed by atoms with van der Waals surface area (Å²) in [5, 5.41) is 0.482. The van der Waals surface area contributed by atoms with Crippen molar-refractivity contribution >= 4 is 38.4 Å². The van der Waals surface area contributed by atoms with E-state index in [1.54, 1.807) is 0 Å². The molecule has 0 N–H and O–H groups in total. The molecule has 2 heterocycles. The number of rotatable bonds is 5. The molecule has 0 radical (unpaired) electrons. The molecule has 1 aromatic rings. The Morgan fingerprint density at radius 2 is 2.20 bits per heavy atom. The summed E-state index contributed by atoms with van der Waals surface area (Å²) in [5.74, 6) is 0.665. The maximum Gasteiger partial charge on any atom is 0.244 e. The van der Waals surface area contributed by atoms with Gasteiger partial charge in [-0.3, -0.25) is 4.79 Å². The second-order valence-electron chi connectivity index (χ2n) is 6.28. The molecule has 136 valence electrons. The van der Waals surface area contributed by atoms with E-state index in [1.807, 2.05) is 29.2 Å². The summed E-state index contributed by atoms with van der Waals surface area (Å²) < 4.78 is 29.8. The van der Waals surface area contributed by atoms with Gasteiger partial charge in [0, 0.05) is 23.9 Å². The molecule has 1 aromatic carbocycles. The van der Waals surface area contributed by atoms with Crippen LogP contribution in [0, 0.1) is 0 Å². The molecular weight excluding hydrogens is 360 g/mol. The van der Waals surface area contributed by atoms with E-state index in [0.29, 0.717) is 11.8 Å². The third-order valence-electron chi connectivity index (χ3n) is 4.18. The molecule has 2 saturated heterocycles. The lowest BCUT2D eigenvalue weighted by molar-refractivity contribution is -0.115. The van der Waals surface area contributed by atoms with Crippen molar-refractivity contribution in [2.45, 2.75) is 38.0 Å². The van der Waals surface area contributed by atoms with E-state index in [1.165, 1.54) is 18.7 Å². The zero-order valence-electron chi connectivity index (χ0n) is 14.3. The van der Waals surface area contributed by atoms with Gasteiger partial charge in [-0.15, -0.1) is 0 Å². The lowest BCUT2D eigenvalue weighted by Gasteiger charge is -2.24. The number of aliphatic imine (C=N–C) groups is 1. The molecular formula is C17H22N2O4S2. The summed E-state index contributed by atoms with van der Waals surface area (Å²) in [5.41, 5.74) is 0.811. The number of anilines is 1. The Hall–Kier alpha value is -1.54. The smallest absolute Gasteiger partial charge is 0.244 e. The van der Waals surface area contributed by atoms with Gasteiger partial charge < -0.3 is 9.64 Å². The van der Waals surface area contributed by atoms with Crippen LogP contribution >= 0.6 is 11.8 Å². The summed E-state index contributed by atoms with van der Waals surface area (Å²) in [6, 6.07) is 7.35. The maximum atomic E-state index is 12.0. The van der Waals surface area contributed by atoms with Gasteiger partial charge in [-0.2, -0.15) is 4.99 Å². The lowest BCUT2D eigenvalue weighted by Crippen LogP contribution is -2.37. The number of hydrogen-bond acceptors (Lipinski definition) is 5. The minimum Gasteiger partial charge on any atom is -0.494 e. The fourth-order valence-electron chi connectivity index (χ4n) is 3.06. The predicted molar refractivity (Wildman–Crippen MR) is 101 cm³/mol. The number of sulfone groups is 1. The van der Waals surface area contributed by atoms with Crippen LogP contribution in [-0.4, -0.2) is 48.9 Å². The number of amides is 1. The fraction of sp³-hybridized carbons (Fsp3) is 0.529. The molecule has 25 heavy (non-hydrogen) atoms. The number of carbonyl (C=O) groups excluding carboxylic acids is 1. The largest absolute Gasteiger partial charge is 0.494 e. The average molecular weight is 383 g/mol. The van der Waals surface area contributed by atoms with Gasteiger partial charge in [0.15, 0.2) is 15.0 Å². The van der Waals surface area contributed by atoms with Gasteiger partial charge in [0.25, 0.3) is 0 Å². The monoisotopic (exact) mass is 382 g/mol. The van der Waals surface area contributed by atoms with E-state index >= 15 is 0 Å². The van der Waals surface area contributed by atoms with Gasteiger partial charge in [0.05, 0.1) is 24.2 Å². The van der Waals surface area contributed by atoms with Crippen molar-refractivity contribution in [3.63, 3.8) is 0 Å². The van der Waals surface area contributed by atoms with E-state index in [4.69, 9.17) is 4.74 Å². The highest BCUT2D eigenvalue weighted by Gasteiger charge is 2.49. The number of nitrogens with zero attached hydrogens (tertiary/aromatic N) is 2. The Bertz CT molecular complexity index is 792. The number of unbranched alkanes of at least 4 members (excludes halogenated alkanes) is 1. The van der Waals surface area contributed by atoms with Crippen molar-refractivity contribution in [3.05, 3.63) is 24.3 Å². The van der Waals surface area contributed by atoms with E-state index in [-0.39, 0.29) is 28.7 Å². The Kier molecular flexibility index (Phi) is 5.38. The molecule has 2 atom stereocenters. The van der Waals surface area contributed by atoms with Gasteiger partial charge in [0.1, 0.15) is 5.75 Å². The van der Waals surface area contributed by atoms with Gasteiger partial charge in [0.2, 0.25) is 5.91 Å². The van der Waals surface area contributed by atoms with Crippen LogP contribution in [0.15, 0.2) is 29.3 Å². The second-order valence-corrected chi connectivity index (χ2v) is 9.64. The SMILES string of the molecule is CCCCOc1cccc(N2C(=NC(C)=O)S[C@H]3CS(=O)(=O)C[C@H]32)c1. The van der Waals surface area contributed by atoms with Gasteiger partial charge >= 0.3 is 0 Å². The zero-order valence-corrected chi connectivity index (χ0v) is 16.0. The number of fused-ring (bicyclic) bond motifs is 1. The highest BCUT2D eigenvalue weighted by molar-refractivity contribution is 8.16. The second kappa shape index (κ2) is 7.37. The molecule has 6 nitrogen and oxygen atoms in total. The van der Waals surface area contributed by atoms with Crippen LogP contribution in [0.1, 0.15) is 26.7 Å². The molecule has 0 bridgehead atoms. The van der Waals surface area contributed by atoms with Crippen LogP contribution in [0.25, 0.3) is 0 Å². The topological polar surface area (TPSA) is 76.0 Å². The van der Waals surface area contributed by atoms with Crippen molar-refractivity contribution in [2.75, 3.05) is 23.0 Å². The van der Waals surface area contributed by atoms with Crippen LogP contribution in [0.4, 0.5) is 5.69 Å². The normalized spacial score (nSPS) is 26.0. The van der Waals surface area contributed by atoms with Gasteiger partial charge in [-0.05, 0) is 18.6 Å². The Morgan fingerprint density at radius 3 is 2.92 bits per heavy atom. The van der Waals surface area contributed by atoms with Crippen LogP contribution < -0.4 is 9.64 Å². The Balaban J connectivity index is 1.91. The van der Waals surface area contributed by atoms with Crippen molar-refractivity contribution in [2.24, 2.45) is 4.99 Å². The maximum absolute atomic E-state index is 12.0. The summed E-state index contributed by atoms with van der Waals surface area (Å²) in [6.45, 7) is 4.15. The summed E-state index contributed by atoms with van der Waals surface area (Å²) in [6.07, 6.45) is 2.03. The number of ether oxygens (including phenoxy) is 1. The first kappa shape index (κ1) is 18.3. The number of thioether (sulfide) groups is 1. The van der Waals surface area contributed by atoms with Crippen molar-refractivity contribution in [3.8, 4) is 5.75 Å². The molecule has 1 amide bonds. The van der Waals surface area contributed by atoms with Gasteiger partial charge in [-0.1, -0.05) is 31.2 Å². The first-order valence-electron chi connectivity index (χ1n) is 8.38. The number of amidine groups is 1. The minimum absolute atomic E-state index is 0.0858. The summed E-state index contributed by atoms with van der Waals surface area (Å²) in [7, 11) is -3.06. The van der Waals surface area contributed by atoms with E-state index in [0.717, 1.165) is 24.3 Å². The molecule has 0 aromatic heterocycles. The highest BCUT2D eigenvalue weighted by Crippen LogP contribution is 2.41. The first-order chi connectivity index (χ1) is 11.9. The van der Waals surface area contributed by atoms with Crippen LogP contribution in [0.3, 0.4) is 0 Å². The Labute approximate surface area is 152 Å². The summed E-state index contributed by atoms with van der Waals surface area (Å²) >= 11 is 1.38. The lowest BCUT2D eigenvalue weighted by atomic mass is 10.2. The van der Waals surface area contributed by atoms with Crippen molar-refractivity contribution < 1.29 is 17.9 Å². The molecule has 2 fully saturated rings. The third-order valence-corrected chi connectivity index (χ3v) is 7.39. The third kappa shape index (κ3) is 4.17. The van der Waals surface area contributed by atoms with E-state index in [9.17, 15) is 13.2 Å². The molecule has 2 aliphatic rings. The minimum atomic E-state index is -3.06. The van der Waals surface area contributed by atoms with E-state index in [2.05, 4.69) is 11.9 Å². The zero-order chi connectivity index (χ0) is 18.0.